The van der Waals surface area contributed by atoms with Gasteiger partial charge < -0.3 is 5.11 Å². The van der Waals surface area contributed by atoms with Crippen LogP contribution in [0.25, 0.3) is 0 Å². The van der Waals surface area contributed by atoms with Crippen molar-refractivity contribution in [1.82, 2.24) is 4.72 Å². The standard InChI is InChI=1S/C17H19Cl2NO3S2/c1-2-3-12-4-6-13(7-5-12)24-9-8-20-25(22,23)17-11-15(19)14(18)10-16(17)21/h4-7,10-11,20-21H,2-3,8-9H2,1H3. The second kappa shape index (κ2) is 9.14. The highest BCUT2D eigenvalue weighted by Gasteiger charge is 2.20. The number of hydrogen-bond donors (Lipinski definition) is 2. The van der Waals surface area contributed by atoms with Crippen molar-refractivity contribution in [3.05, 3.63) is 52.0 Å². The Hall–Kier alpha value is -0.920. The number of aryl methyl sites for hydroxylation is 1. The van der Waals surface area contributed by atoms with E-state index in [0.717, 1.165) is 29.9 Å². The van der Waals surface area contributed by atoms with Crippen LogP contribution >= 0.6 is 35.0 Å². The number of thioether (sulfide) groups is 1. The zero-order valence-corrected chi connectivity index (χ0v) is 16.8. The molecule has 0 saturated heterocycles. The zero-order chi connectivity index (χ0) is 18.4. The van der Waals surface area contributed by atoms with E-state index in [1.807, 2.05) is 12.1 Å². The summed E-state index contributed by atoms with van der Waals surface area (Å²) in [5.74, 6) is 0.134. The highest BCUT2D eigenvalue weighted by molar-refractivity contribution is 7.99. The maximum Gasteiger partial charge on any atom is 0.244 e. The van der Waals surface area contributed by atoms with Crippen molar-refractivity contribution in [2.24, 2.45) is 0 Å². The molecule has 0 aromatic heterocycles. The average Bonchev–Trinajstić information content (AvgIpc) is 2.56. The maximum atomic E-state index is 12.3. The van der Waals surface area contributed by atoms with Gasteiger partial charge in [-0.3, -0.25) is 0 Å². The fraction of sp³-hybridized carbons (Fsp3) is 0.294. The van der Waals surface area contributed by atoms with Crippen LogP contribution in [0, 0.1) is 0 Å². The van der Waals surface area contributed by atoms with Gasteiger partial charge in [0.2, 0.25) is 10.0 Å². The summed E-state index contributed by atoms with van der Waals surface area (Å²) in [6, 6.07) is 10.5. The Bertz CT molecular complexity index is 825. The Labute approximate surface area is 162 Å². The SMILES string of the molecule is CCCc1ccc(SCCNS(=O)(=O)c2cc(Cl)c(Cl)cc2O)cc1. The van der Waals surface area contributed by atoms with Gasteiger partial charge in [-0.05, 0) is 30.2 Å². The second-order valence-corrected chi connectivity index (χ2v) is 9.09. The van der Waals surface area contributed by atoms with Gasteiger partial charge in [0.25, 0.3) is 0 Å². The Morgan fingerprint density at radius 2 is 1.76 bits per heavy atom. The second-order valence-electron chi connectivity index (χ2n) is 5.37. The third-order valence-electron chi connectivity index (χ3n) is 3.42. The van der Waals surface area contributed by atoms with Gasteiger partial charge in [0.15, 0.2) is 0 Å². The van der Waals surface area contributed by atoms with Crippen LogP contribution in [0.1, 0.15) is 18.9 Å². The molecule has 0 bridgehead atoms. The summed E-state index contributed by atoms with van der Waals surface area (Å²) in [6.45, 7) is 2.36. The summed E-state index contributed by atoms with van der Waals surface area (Å²) < 4.78 is 27.0. The van der Waals surface area contributed by atoms with Gasteiger partial charge in [-0.25, -0.2) is 13.1 Å². The minimum atomic E-state index is -3.86. The van der Waals surface area contributed by atoms with Crippen molar-refractivity contribution in [1.29, 1.82) is 0 Å². The normalized spacial score (nSPS) is 11.6. The topological polar surface area (TPSA) is 66.4 Å². The van der Waals surface area contributed by atoms with Gasteiger partial charge >= 0.3 is 0 Å². The molecule has 0 aliphatic rings. The largest absolute Gasteiger partial charge is 0.506 e. The lowest BCUT2D eigenvalue weighted by Crippen LogP contribution is -2.26. The molecule has 0 atom stereocenters. The molecule has 0 spiro atoms. The Morgan fingerprint density at radius 1 is 1.12 bits per heavy atom. The first-order valence-electron chi connectivity index (χ1n) is 7.73. The quantitative estimate of drug-likeness (QED) is 0.479. The van der Waals surface area contributed by atoms with Crippen molar-refractivity contribution in [3.8, 4) is 5.75 Å². The van der Waals surface area contributed by atoms with Crippen LogP contribution in [-0.2, 0) is 16.4 Å². The van der Waals surface area contributed by atoms with Gasteiger partial charge in [-0.2, -0.15) is 0 Å². The maximum absolute atomic E-state index is 12.3. The third-order valence-corrected chi connectivity index (χ3v) is 6.64. The van der Waals surface area contributed by atoms with Gasteiger partial charge in [-0.1, -0.05) is 48.7 Å². The fourth-order valence-corrected chi connectivity index (χ4v) is 4.61. The van der Waals surface area contributed by atoms with E-state index in [1.54, 1.807) is 11.8 Å². The number of halogens is 2. The van der Waals surface area contributed by atoms with Crippen molar-refractivity contribution in [2.45, 2.75) is 29.6 Å². The number of nitrogens with one attached hydrogen (secondary N) is 1. The van der Waals surface area contributed by atoms with Crippen LogP contribution in [0.4, 0.5) is 0 Å². The molecule has 0 heterocycles. The molecule has 0 fully saturated rings. The molecule has 0 aliphatic carbocycles. The van der Waals surface area contributed by atoms with E-state index in [-0.39, 0.29) is 21.5 Å². The predicted octanol–water partition coefficient (Wildman–Crippen LogP) is 4.72. The highest BCUT2D eigenvalue weighted by atomic mass is 35.5. The van der Waals surface area contributed by atoms with E-state index in [0.29, 0.717) is 5.75 Å². The lowest BCUT2D eigenvalue weighted by atomic mass is 10.1. The predicted molar refractivity (Wildman–Crippen MR) is 104 cm³/mol. The monoisotopic (exact) mass is 419 g/mol. The first-order valence-corrected chi connectivity index (χ1v) is 11.0. The number of phenols is 1. The third kappa shape index (κ3) is 5.79. The minimum absolute atomic E-state index is 0.0707. The van der Waals surface area contributed by atoms with Crippen LogP contribution in [-0.4, -0.2) is 25.8 Å². The summed E-state index contributed by atoms with van der Waals surface area (Å²) in [7, 11) is -3.86. The van der Waals surface area contributed by atoms with Gasteiger partial charge in [0.05, 0.1) is 10.0 Å². The number of hydrogen-bond acceptors (Lipinski definition) is 4. The number of sulfonamides is 1. The summed E-state index contributed by atoms with van der Waals surface area (Å²) in [5, 5.41) is 9.96. The highest BCUT2D eigenvalue weighted by Crippen LogP contribution is 2.32. The lowest BCUT2D eigenvalue weighted by molar-refractivity contribution is 0.458. The molecular formula is C17H19Cl2NO3S2. The van der Waals surface area contributed by atoms with E-state index in [1.165, 1.54) is 5.56 Å². The first-order chi connectivity index (χ1) is 11.8. The summed E-state index contributed by atoms with van der Waals surface area (Å²) >= 11 is 13.1. The summed E-state index contributed by atoms with van der Waals surface area (Å²) in [4.78, 5) is 0.798. The summed E-state index contributed by atoms with van der Waals surface area (Å²) in [5.41, 5.74) is 1.29. The summed E-state index contributed by atoms with van der Waals surface area (Å²) in [6.07, 6.45) is 2.16. The molecule has 136 valence electrons. The molecule has 2 N–H and O–H groups in total. The lowest BCUT2D eigenvalue weighted by Gasteiger charge is -2.09. The number of phenolic OH excluding ortho intramolecular Hbond substituents is 1. The molecule has 25 heavy (non-hydrogen) atoms. The van der Waals surface area contributed by atoms with E-state index in [4.69, 9.17) is 23.2 Å². The fourth-order valence-electron chi connectivity index (χ4n) is 2.20. The molecule has 0 saturated carbocycles. The van der Waals surface area contributed by atoms with E-state index in [9.17, 15) is 13.5 Å². The Balaban J connectivity index is 1.91. The molecule has 0 radical (unpaired) electrons. The van der Waals surface area contributed by atoms with Crippen molar-refractivity contribution >= 4 is 45.0 Å². The molecular weight excluding hydrogens is 401 g/mol. The number of rotatable bonds is 8. The molecule has 2 rings (SSSR count). The number of aromatic hydroxyl groups is 1. The minimum Gasteiger partial charge on any atom is -0.506 e. The zero-order valence-electron chi connectivity index (χ0n) is 13.6. The molecule has 2 aromatic rings. The Kier molecular flexibility index (Phi) is 7.46. The van der Waals surface area contributed by atoms with Crippen LogP contribution in [0.5, 0.6) is 5.75 Å². The number of benzene rings is 2. The van der Waals surface area contributed by atoms with E-state index in [2.05, 4.69) is 23.8 Å². The van der Waals surface area contributed by atoms with Crippen LogP contribution in [0.2, 0.25) is 10.0 Å². The molecule has 0 amide bonds. The van der Waals surface area contributed by atoms with Gasteiger partial charge in [0, 0.05) is 23.3 Å². The average molecular weight is 420 g/mol. The molecule has 0 unspecified atom stereocenters. The van der Waals surface area contributed by atoms with E-state index < -0.39 is 15.8 Å². The van der Waals surface area contributed by atoms with Gasteiger partial charge in [-0.15, -0.1) is 11.8 Å². The van der Waals surface area contributed by atoms with Crippen LogP contribution in [0.3, 0.4) is 0 Å². The first kappa shape index (κ1) is 20.4. The van der Waals surface area contributed by atoms with Crippen molar-refractivity contribution in [3.63, 3.8) is 0 Å². The van der Waals surface area contributed by atoms with Crippen LogP contribution in [0.15, 0.2) is 46.2 Å². The molecule has 2 aromatic carbocycles. The smallest absolute Gasteiger partial charge is 0.244 e. The Morgan fingerprint density at radius 3 is 2.40 bits per heavy atom. The van der Waals surface area contributed by atoms with Gasteiger partial charge in [0.1, 0.15) is 10.6 Å². The molecule has 0 aliphatic heterocycles. The molecule has 8 heteroatoms. The van der Waals surface area contributed by atoms with Crippen LogP contribution < -0.4 is 4.72 Å². The van der Waals surface area contributed by atoms with Crippen molar-refractivity contribution < 1.29 is 13.5 Å². The van der Waals surface area contributed by atoms with E-state index >= 15 is 0 Å². The molecule has 4 nitrogen and oxygen atoms in total. The van der Waals surface area contributed by atoms with Crippen molar-refractivity contribution in [2.75, 3.05) is 12.3 Å².